The van der Waals surface area contributed by atoms with E-state index >= 15 is 0 Å². The van der Waals surface area contributed by atoms with E-state index in [1.165, 1.54) is 12.1 Å². The van der Waals surface area contributed by atoms with Crippen LogP contribution in [-0.2, 0) is 4.74 Å². The molecule has 0 fully saturated rings. The van der Waals surface area contributed by atoms with Gasteiger partial charge in [0.25, 0.3) is 0 Å². The molecule has 1 aromatic carbocycles. The molecule has 1 aromatic rings. The van der Waals surface area contributed by atoms with Crippen molar-refractivity contribution < 1.29 is 27.4 Å². The Morgan fingerprint density at radius 2 is 1.89 bits per heavy atom. The van der Waals surface area contributed by atoms with Crippen molar-refractivity contribution in [1.82, 2.24) is 0 Å². The summed E-state index contributed by atoms with van der Waals surface area (Å²) in [5.74, 6) is -0.223. The Morgan fingerprint density at radius 3 is 2.47 bits per heavy atom. The molecule has 1 heterocycles. The lowest BCUT2D eigenvalue weighted by Gasteiger charge is -2.24. The van der Waals surface area contributed by atoms with Crippen LogP contribution >= 0.6 is 0 Å². The van der Waals surface area contributed by atoms with Gasteiger partial charge in [0, 0.05) is 5.56 Å². The molecular formula is C13H15F3O3. The second kappa shape index (κ2) is 4.59. The second-order valence-corrected chi connectivity index (χ2v) is 5.25. The number of para-hydroxylation sites is 1. The summed E-state index contributed by atoms with van der Waals surface area (Å²) in [7, 11) is 0. The van der Waals surface area contributed by atoms with Gasteiger partial charge in [-0.05, 0) is 26.8 Å². The number of benzene rings is 1. The van der Waals surface area contributed by atoms with Gasteiger partial charge in [0.2, 0.25) is 0 Å². The molecule has 1 atom stereocenters. The zero-order chi connectivity index (χ0) is 14.3. The van der Waals surface area contributed by atoms with Crippen LogP contribution in [0.5, 0.6) is 11.5 Å². The maximum atomic E-state index is 12.3. The zero-order valence-corrected chi connectivity index (χ0v) is 10.9. The van der Waals surface area contributed by atoms with Crippen LogP contribution in [0.1, 0.15) is 32.4 Å². The summed E-state index contributed by atoms with van der Waals surface area (Å²) >= 11 is 0. The number of hydrogen-bond acceptors (Lipinski definition) is 3. The molecule has 0 radical (unpaired) electrons. The number of halogens is 3. The molecule has 3 nitrogen and oxygen atoms in total. The van der Waals surface area contributed by atoms with Crippen LogP contribution in [0.3, 0.4) is 0 Å². The molecule has 0 N–H and O–H groups in total. The number of hydrogen-bond donors (Lipinski definition) is 0. The predicted octanol–water partition coefficient (Wildman–Crippen LogP) is 3.83. The molecule has 0 spiro atoms. The molecule has 0 amide bonds. The zero-order valence-electron chi connectivity index (χ0n) is 10.9. The maximum absolute atomic E-state index is 12.3. The van der Waals surface area contributed by atoms with E-state index in [1.807, 2.05) is 20.8 Å². The van der Waals surface area contributed by atoms with Gasteiger partial charge in [-0.15, -0.1) is 13.2 Å². The fraction of sp³-hybridized carbons (Fsp3) is 0.538. The minimum Gasteiger partial charge on any atom is -0.486 e. The molecule has 0 bridgehead atoms. The first kappa shape index (κ1) is 14.0. The van der Waals surface area contributed by atoms with Gasteiger partial charge in [-0.2, -0.15) is 0 Å². The molecular weight excluding hydrogens is 261 g/mol. The van der Waals surface area contributed by atoms with Gasteiger partial charge in [0.1, 0.15) is 12.7 Å². The van der Waals surface area contributed by atoms with Crippen molar-refractivity contribution in [3.63, 3.8) is 0 Å². The number of rotatable bonds is 2. The second-order valence-electron chi connectivity index (χ2n) is 5.25. The summed E-state index contributed by atoms with van der Waals surface area (Å²) in [5, 5.41) is 0. The standard InChI is InChI=1S/C13H15F3O3/c1-12(2,3)18-10-7-17-11-8(10)5-4-6-9(11)19-13(14,15)16/h4-6,10H,7H2,1-3H3/t10-/m1/s1. The molecule has 19 heavy (non-hydrogen) atoms. The molecule has 0 unspecified atom stereocenters. The minimum atomic E-state index is -4.73. The lowest BCUT2D eigenvalue weighted by Crippen LogP contribution is -2.23. The normalized spacial score (nSPS) is 18.9. The topological polar surface area (TPSA) is 27.7 Å². The maximum Gasteiger partial charge on any atom is 0.573 e. The Morgan fingerprint density at radius 1 is 1.21 bits per heavy atom. The minimum absolute atomic E-state index is 0.106. The third-order valence-corrected chi connectivity index (χ3v) is 2.46. The summed E-state index contributed by atoms with van der Waals surface area (Å²) in [6, 6.07) is 4.40. The van der Waals surface area contributed by atoms with Gasteiger partial charge in [0.05, 0.1) is 5.60 Å². The number of alkyl halides is 3. The van der Waals surface area contributed by atoms with Crippen molar-refractivity contribution >= 4 is 0 Å². The fourth-order valence-electron chi connectivity index (χ4n) is 1.92. The van der Waals surface area contributed by atoms with Crippen LogP contribution in [0.15, 0.2) is 18.2 Å². The first-order chi connectivity index (χ1) is 8.66. The van der Waals surface area contributed by atoms with Crippen LogP contribution in [0.25, 0.3) is 0 Å². The first-order valence-corrected chi connectivity index (χ1v) is 5.85. The summed E-state index contributed by atoms with van der Waals surface area (Å²) < 4.78 is 51.8. The highest BCUT2D eigenvalue weighted by molar-refractivity contribution is 5.50. The van der Waals surface area contributed by atoms with E-state index in [2.05, 4.69) is 4.74 Å². The quantitative estimate of drug-likeness (QED) is 0.821. The molecule has 2 rings (SSSR count). The summed E-state index contributed by atoms with van der Waals surface area (Å²) in [5.41, 5.74) is 0.174. The van der Waals surface area contributed by atoms with Gasteiger partial charge in [0.15, 0.2) is 11.5 Å². The Kier molecular flexibility index (Phi) is 3.38. The average molecular weight is 276 g/mol. The Bertz CT molecular complexity index is 463. The molecule has 106 valence electrons. The van der Waals surface area contributed by atoms with E-state index in [0.29, 0.717) is 5.56 Å². The molecule has 6 heteroatoms. The highest BCUT2D eigenvalue weighted by Crippen LogP contribution is 2.44. The van der Waals surface area contributed by atoms with E-state index in [1.54, 1.807) is 6.07 Å². The van der Waals surface area contributed by atoms with E-state index in [9.17, 15) is 13.2 Å². The number of ether oxygens (including phenoxy) is 3. The highest BCUT2D eigenvalue weighted by Gasteiger charge is 2.36. The van der Waals surface area contributed by atoms with Crippen molar-refractivity contribution in [2.45, 2.75) is 38.8 Å². The molecule has 0 saturated heterocycles. The third kappa shape index (κ3) is 3.53. The molecule has 1 aliphatic heterocycles. The Hall–Kier alpha value is -1.43. The predicted molar refractivity (Wildman–Crippen MR) is 62.2 cm³/mol. The Labute approximate surface area is 109 Å². The summed E-state index contributed by atoms with van der Waals surface area (Å²) in [6.45, 7) is 5.81. The van der Waals surface area contributed by atoms with Crippen LogP contribution in [0, 0.1) is 0 Å². The SMILES string of the molecule is CC(C)(C)O[C@@H]1COc2c(OC(F)(F)F)cccc21. The van der Waals surface area contributed by atoms with Gasteiger partial charge in [-0.3, -0.25) is 0 Å². The van der Waals surface area contributed by atoms with Crippen LogP contribution in [0.2, 0.25) is 0 Å². The van der Waals surface area contributed by atoms with Crippen LogP contribution in [-0.4, -0.2) is 18.6 Å². The van der Waals surface area contributed by atoms with Crippen LogP contribution in [0.4, 0.5) is 13.2 Å². The van der Waals surface area contributed by atoms with Crippen molar-refractivity contribution in [2.75, 3.05) is 6.61 Å². The van der Waals surface area contributed by atoms with E-state index in [0.717, 1.165) is 0 Å². The molecule has 0 saturated carbocycles. The Balaban J connectivity index is 2.25. The highest BCUT2D eigenvalue weighted by atomic mass is 19.4. The van der Waals surface area contributed by atoms with E-state index in [4.69, 9.17) is 9.47 Å². The monoisotopic (exact) mass is 276 g/mol. The number of fused-ring (bicyclic) bond motifs is 1. The van der Waals surface area contributed by atoms with Gasteiger partial charge in [-0.25, -0.2) is 0 Å². The molecule has 0 aromatic heterocycles. The smallest absolute Gasteiger partial charge is 0.486 e. The van der Waals surface area contributed by atoms with E-state index in [-0.39, 0.29) is 24.2 Å². The third-order valence-electron chi connectivity index (χ3n) is 2.46. The molecule has 1 aliphatic rings. The summed E-state index contributed by atoms with van der Waals surface area (Å²) in [6.07, 6.45) is -5.12. The lowest BCUT2D eigenvalue weighted by atomic mass is 10.1. The first-order valence-electron chi connectivity index (χ1n) is 5.85. The fourth-order valence-corrected chi connectivity index (χ4v) is 1.92. The molecule has 0 aliphatic carbocycles. The summed E-state index contributed by atoms with van der Waals surface area (Å²) in [4.78, 5) is 0. The van der Waals surface area contributed by atoms with Gasteiger partial charge < -0.3 is 14.2 Å². The average Bonchev–Trinajstić information content (AvgIpc) is 2.58. The van der Waals surface area contributed by atoms with Gasteiger partial charge >= 0.3 is 6.36 Å². The van der Waals surface area contributed by atoms with Crippen molar-refractivity contribution in [3.05, 3.63) is 23.8 Å². The van der Waals surface area contributed by atoms with Gasteiger partial charge in [-0.1, -0.05) is 12.1 Å². The largest absolute Gasteiger partial charge is 0.573 e. The van der Waals surface area contributed by atoms with Crippen LogP contribution < -0.4 is 9.47 Å². The lowest BCUT2D eigenvalue weighted by molar-refractivity contribution is -0.275. The van der Waals surface area contributed by atoms with Crippen molar-refractivity contribution in [3.8, 4) is 11.5 Å². The van der Waals surface area contributed by atoms with Crippen molar-refractivity contribution in [1.29, 1.82) is 0 Å². The van der Waals surface area contributed by atoms with Crippen molar-refractivity contribution in [2.24, 2.45) is 0 Å². The van der Waals surface area contributed by atoms with E-state index < -0.39 is 12.0 Å².